The van der Waals surface area contributed by atoms with E-state index in [1.807, 2.05) is 4.90 Å². The molecule has 0 aliphatic carbocycles. The van der Waals surface area contributed by atoms with Gasteiger partial charge >= 0.3 is 0 Å². The summed E-state index contributed by atoms with van der Waals surface area (Å²) in [5.74, 6) is -0.499. The number of benzene rings is 1. The Balaban J connectivity index is 1.11. The van der Waals surface area contributed by atoms with E-state index in [1.54, 1.807) is 19.2 Å². The summed E-state index contributed by atoms with van der Waals surface area (Å²) in [5.41, 5.74) is 6.27. The third-order valence-electron chi connectivity index (χ3n) is 6.46. The zero-order valence-electron chi connectivity index (χ0n) is 22.4. The normalized spacial score (nSPS) is 14.0. The van der Waals surface area contributed by atoms with E-state index in [1.165, 1.54) is 16.8 Å². The molecule has 1 fully saturated rings. The molecule has 1 saturated heterocycles. The summed E-state index contributed by atoms with van der Waals surface area (Å²) < 4.78 is 40.9. The van der Waals surface area contributed by atoms with Crippen LogP contribution in [-0.4, -0.2) is 101 Å². The number of aromatic nitrogens is 5. The van der Waals surface area contributed by atoms with E-state index in [9.17, 15) is 13.6 Å². The second kappa shape index (κ2) is 12.7. The zero-order chi connectivity index (χ0) is 28.8. The molecule has 14 nitrogen and oxygen atoms in total. The maximum atomic E-state index is 14.6. The minimum Gasteiger partial charge on any atom is -0.481 e. The highest BCUT2D eigenvalue weighted by atomic mass is 19.1. The Labute approximate surface area is 233 Å². The van der Waals surface area contributed by atoms with Crippen molar-refractivity contribution in [1.82, 2.24) is 40.1 Å². The van der Waals surface area contributed by atoms with Crippen molar-refractivity contribution >= 4 is 29.3 Å². The maximum Gasteiger partial charge on any atom is 0.259 e. The van der Waals surface area contributed by atoms with Crippen LogP contribution in [-0.2, 0) is 4.79 Å². The number of nitrogens with one attached hydrogen (secondary N) is 3. The molecule has 0 bridgehead atoms. The van der Waals surface area contributed by atoms with E-state index in [-0.39, 0.29) is 29.9 Å². The van der Waals surface area contributed by atoms with Crippen molar-refractivity contribution in [1.29, 1.82) is 0 Å². The fraction of sp³-hybridized carbons (Fsp3) is 0.400. The first kappa shape index (κ1) is 28.0. The van der Waals surface area contributed by atoms with Crippen molar-refractivity contribution in [3.8, 4) is 17.3 Å². The van der Waals surface area contributed by atoms with Gasteiger partial charge in [0, 0.05) is 64.5 Å². The summed E-state index contributed by atoms with van der Waals surface area (Å²) >= 11 is 0. The van der Waals surface area contributed by atoms with E-state index in [0.29, 0.717) is 75.7 Å². The van der Waals surface area contributed by atoms with Gasteiger partial charge in [0.1, 0.15) is 5.82 Å². The van der Waals surface area contributed by atoms with Crippen LogP contribution in [0, 0.1) is 11.6 Å². The number of likely N-dealkylation sites (N-methyl/N-ethyl adjacent to an activating group) is 1. The number of ether oxygens (including phenoxy) is 1. The number of carbonyl (C=O) groups is 1. The van der Waals surface area contributed by atoms with E-state index >= 15 is 0 Å². The minimum atomic E-state index is -0.858. The molecule has 1 aliphatic heterocycles. The highest BCUT2D eigenvalue weighted by molar-refractivity contribution is 5.77. The Morgan fingerprint density at radius 2 is 1.93 bits per heavy atom. The molecule has 0 atom stereocenters. The monoisotopic (exact) mass is 571 g/mol. The quantitative estimate of drug-likeness (QED) is 0.175. The summed E-state index contributed by atoms with van der Waals surface area (Å²) in [4.78, 5) is 28.9. The van der Waals surface area contributed by atoms with Gasteiger partial charge < -0.3 is 35.7 Å². The lowest BCUT2D eigenvalue weighted by atomic mass is 10.2. The average molecular weight is 572 g/mol. The van der Waals surface area contributed by atoms with Crippen LogP contribution in [0.15, 0.2) is 34.9 Å². The molecule has 41 heavy (non-hydrogen) atoms. The Bertz CT molecular complexity index is 1470. The first-order valence-electron chi connectivity index (χ1n) is 13.1. The smallest absolute Gasteiger partial charge is 0.259 e. The fourth-order valence-corrected chi connectivity index (χ4v) is 4.33. The fourth-order valence-electron chi connectivity index (χ4n) is 4.33. The van der Waals surface area contributed by atoms with E-state index in [0.717, 1.165) is 6.07 Å². The number of halogens is 2. The van der Waals surface area contributed by atoms with Crippen LogP contribution in [0.4, 0.5) is 26.4 Å². The lowest BCUT2D eigenvalue weighted by Gasteiger charge is -2.36. The van der Waals surface area contributed by atoms with Gasteiger partial charge in [-0.25, -0.2) is 8.78 Å². The molecule has 5 rings (SSSR count). The average Bonchev–Trinajstić information content (AvgIpc) is 3.64. The van der Waals surface area contributed by atoms with Crippen molar-refractivity contribution in [3.63, 3.8) is 0 Å². The molecule has 5 N–H and O–H groups in total. The molecule has 1 aromatic carbocycles. The Kier molecular flexibility index (Phi) is 8.69. The number of nitrogens with zero attached hydrogens (tertiary/aromatic N) is 7. The first-order chi connectivity index (χ1) is 19.9. The number of nitrogens with two attached hydrogens (primary N) is 1. The zero-order valence-corrected chi connectivity index (χ0v) is 22.4. The molecule has 1 aliphatic rings. The molecular formula is C25H31F2N11O3. The Hall–Kier alpha value is -4.57. The van der Waals surface area contributed by atoms with Gasteiger partial charge in [-0.15, -0.1) is 5.10 Å². The van der Waals surface area contributed by atoms with Gasteiger partial charge in [-0.1, -0.05) is 0 Å². The second-order valence-corrected chi connectivity index (χ2v) is 9.26. The third kappa shape index (κ3) is 6.78. The number of anilines is 3. The predicted octanol–water partition coefficient (Wildman–Crippen LogP) is 0.588. The minimum absolute atomic E-state index is 0.135. The summed E-state index contributed by atoms with van der Waals surface area (Å²) in [5, 5.41) is 13.0. The summed E-state index contributed by atoms with van der Waals surface area (Å²) in [6.45, 7) is 4.22. The number of fused-ring (bicyclic) bond motifs is 1. The highest BCUT2D eigenvalue weighted by Crippen LogP contribution is 2.29. The number of rotatable bonds is 12. The predicted molar refractivity (Wildman–Crippen MR) is 147 cm³/mol. The van der Waals surface area contributed by atoms with Crippen LogP contribution in [0.3, 0.4) is 0 Å². The topological polar surface area (TPSA) is 164 Å². The number of amides is 1. The van der Waals surface area contributed by atoms with Crippen molar-refractivity contribution in [3.05, 3.63) is 42.2 Å². The lowest BCUT2D eigenvalue weighted by Crippen LogP contribution is -2.48. The van der Waals surface area contributed by atoms with Gasteiger partial charge in [0.2, 0.25) is 17.7 Å². The van der Waals surface area contributed by atoms with Crippen LogP contribution < -0.4 is 31.3 Å². The van der Waals surface area contributed by atoms with Crippen LogP contribution >= 0.6 is 0 Å². The Morgan fingerprint density at radius 3 is 2.68 bits per heavy atom. The van der Waals surface area contributed by atoms with E-state index < -0.39 is 11.6 Å². The van der Waals surface area contributed by atoms with Gasteiger partial charge in [-0.3, -0.25) is 9.69 Å². The van der Waals surface area contributed by atoms with Crippen LogP contribution in [0.5, 0.6) is 5.75 Å². The number of piperazine rings is 1. The molecule has 4 heterocycles. The van der Waals surface area contributed by atoms with Crippen molar-refractivity contribution in [2.24, 2.45) is 0 Å². The number of carbonyl (C=O) groups excluding carboxylic acids is 1. The van der Waals surface area contributed by atoms with Gasteiger partial charge in [0.15, 0.2) is 23.9 Å². The molecular weight excluding hydrogens is 540 g/mol. The molecule has 218 valence electrons. The molecule has 0 saturated carbocycles. The van der Waals surface area contributed by atoms with Crippen LogP contribution in [0.25, 0.3) is 17.4 Å². The summed E-state index contributed by atoms with van der Waals surface area (Å²) in [6, 6.07) is 5.57. The van der Waals surface area contributed by atoms with Crippen LogP contribution in [0.1, 0.15) is 0 Å². The van der Waals surface area contributed by atoms with E-state index in [2.05, 4.69) is 40.9 Å². The van der Waals surface area contributed by atoms with Gasteiger partial charge in [-0.05, 0) is 19.2 Å². The van der Waals surface area contributed by atoms with Crippen molar-refractivity contribution in [2.45, 2.75) is 0 Å². The maximum absolute atomic E-state index is 14.6. The number of hydrogen-bond acceptors (Lipinski definition) is 12. The SMILES string of the molecule is CNCCNC(=O)COc1cc(N2CCN(CCNc3nc(N)n4nc(-c5ccco5)nc4n3)CC2)c(F)cc1F. The highest BCUT2D eigenvalue weighted by Gasteiger charge is 2.22. The van der Waals surface area contributed by atoms with Gasteiger partial charge in [0.05, 0.1) is 12.0 Å². The third-order valence-corrected chi connectivity index (χ3v) is 6.46. The summed E-state index contributed by atoms with van der Waals surface area (Å²) in [7, 11) is 1.76. The molecule has 4 aromatic rings. The molecule has 0 unspecified atom stereocenters. The number of nitrogen functional groups attached to an aromatic ring is 1. The molecule has 1 amide bonds. The largest absolute Gasteiger partial charge is 0.481 e. The number of furan rings is 1. The molecule has 3 aromatic heterocycles. The van der Waals surface area contributed by atoms with Crippen molar-refractivity contribution < 1.29 is 22.7 Å². The molecule has 16 heteroatoms. The molecule has 0 radical (unpaired) electrons. The first-order valence-corrected chi connectivity index (χ1v) is 13.1. The Morgan fingerprint density at radius 1 is 1.10 bits per heavy atom. The molecule has 0 spiro atoms. The van der Waals surface area contributed by atoms with E-state index in [4.69, 9.17) is 14.9 Å². The second-order valence-electron chi connectivity index (χ2n) is 9.26. The lowest BCUT2D eigenvalue weighted by molar-refractivity contribution is -0.123. The van der Waals surface area contributed by atoms with Crippen molar-refractivity contribution in [2.75, 3.05) is 82.0 Å². The van der Waals surface area contributed by atoms with Gasteiger partial charge in [-0.2, -0.15) is 19.5 Å². The van der Waals surface area contributed by atoms with Crippen LogP contribution in [0.2, 0.25) is 0 Å². The van der Waals surface area contributed by atoms with Gasteiger partial charge in [0.25, 0.3) is 11.7 Å². The number of hydrogen-bond donors (Lipinski definition) is 4. The standard InChI is InChI=1S/C25H31F2N11O3/c1-29-4-5-30-21(39)15-41-20-14-18(16(26)13-17(20)27)37-10-8-36(9-11-37)7-6-31-24-33-23(28)38-25(34-24)32-22(35-38)19-3-2-12-40-19/h2-3,12-14,29H,4-11,15H2,1H3,(H,30,39)(H3,28,31,32,33,34,35). The summed E-state index contributed by atoms with van der Waals surface area (Å²) in [6.07, 6.45) is 1.53.